The molecule has 0 amide bonds. The predicted molar refractivity (Wildman–Crippen MR) is 166 cm³/mol. The second-order valence-electron chi connectivity index (χ2n) is 10.5. The Kier molecular flexibility index (Phi) is 5.06. The number of aromatic nitrogens is 1. The van der Waals surface area contributed by atoms with Crippen molar-refractivity contribution in [3.63, 3.8) is 0 Å². The minimum absolute atomic E-state index is 0.827. The number of hydrogen-bond donors (Lipinski definition) is 1. The normalized spacial score (nSPS) is 14.5. The van der Waals surface area contributed by atoms with Gasteiger partial charge in [0.25, 0.3) is 0 Å². The van der Waals surface area contributed by atoms with E-state index in [0.29, 0.717) is 0 Å². The first-order chi connectivity index (χ1) is 19.4. The largest absolute Gasteiger partial charge is 0.387 e. The average molecular weight is 501 g/mol. The van der Waals surface area contributed by atoms with Gasteiger partial charge in [-0.15, -0.1) is 0 Å². The molecule has 0 unspecified atom stereocenters. The van der Waals surface area contributed by atoms with Crippen LogP contribution < -0.4 is 5.32 Å². The van der Waals surface area contributed by atoms with E-state index in [9.17, 15) is 0 Å². The third kappa shape index (κ3) is 3.42. The summed E-state index contributed by atoms with van der Waals surface area (Å²) in [5.74, 6) is 0. The first kappa shape index (κ1) is 22.2. The highest BCUT2D eigenvalue weighted by atomic mass is 15.0. The van der Waals surface area contributed by atoms with E-state index in [2.05, 4.69) is 137 Å². The number of allylic oxidation sites excluding steroid dienone is 4. The number of benzene rings is 5. The lowest BCUT2D eigenvalue weighted by atomic mass is 9.84. The molecule has 0 bridgehead atoms. The van der Waals surface area contributed by atoms with Crippen molar-refractivity contribution < 1.29 is 0 Å². The summed E-state index contributed by atoms with van der Waals surface area (Å²) >= 11 is 0. The first-order valence-corrected chi connectivity index (χ1v) is 13.8. The Morgan fingerprint density at radius 1 is 0.667 bits per heavy atom. The molecule has 2 nitrogen and oxygen atoms in total. The Balaban J connectivity index is 1.45. The van der Waals surface area contributed by atoms with Gasteiger partial charge in [0.05, 0.1) is 11.2 Å². The number of rotatable bonds is 3. The predicted octanol–water partition coefficient (Wildman–Crippen LogP) is 9.41. The van der Waals surface area contributed by atoms with Gasteiger partial charge in [-0.2, -0.15) is 0 Å². The molecule has 6 aromatic rings. The highest BCUT2D eigenvalue weighted by Crippen LogP contribution is 2.44. The van der Waals surface area contributed by atoms with Crippen LogP contribution in [-0.4, -0.2) is 4.57 Å². The van der Waals surface area contributed by atoms with Crippen molar-refractivity contribution in [3.8, 4) is 16.8 Å². The van der Waals surface area contributed by atoms with Gasteiger partial charge in [0.2, 0.25) is 0 Å². The van der Waals surface area contributed by atoms with Crippen molar-refractivity contribution in [2.24, 2.45) is 0 Å². The maximum absolute atomic E-state index is 3.45. The topological polar surface area (TPSA) is 17.0 Å². The van der Waals surface area contributed by atoms with E-state index in [1.165, 1.54) is 71.7 Å². The average Bonchev–Trinajstić information content (AvgIpc) is 3.34. The zero-order chi connectivity index (χ0) is 25.8. The zero-order valence-corrected chi connectivity index (χ0v) is 21.7. The highest BCUT2D eigenvalue weighted by molar-refractivity contribution is 6.19. The third-order valence-electron chi connectivity index (χ3n) is 8.32. The van der Waals surface area contributed by atoms with Gasteiger partial charge in [-0.25, -0.2) is 0 Å². The molecule has 2 heterocycles. The molecule has 2 aliphatic rings. The highest BCUT2D eigenvalue weighted by Gasteiger charge is 2.21. The Labute approximate surface area is 228 Å². The molecule has 8 rings (SSSR count). The third-order valence-corrected chi connectivity index (χ3v) is 8.32. The van der Waals surface area contributed by atoms with Crippen LogP contribution in [0.1, 0.15) is 29.7 Å². The summed E-state index contributed by atoms with van der Waals surface area (Å²) in [6, 6.07) is 35.7. The lowest BCUT2D eigenvalue weighted by molar-refractivity contribution is 0.855. The van der Waals surface area contributed by atoms with E-state index in [-0.39, 0.29) is 0 Å². The van der Waals surface area contributed by atoms with Crippen molar-refractivity contribution >= 4 is 44.1 Å². The molecule has 0 atom stereocenters. The molecule has 0 saturated heterocycles. The van der Waals surface area contributed by atoms with Crippen LogP contribution in [0.2, 0.25) is 0 Å². The van der Waals surface area contributed by atoms with Crippen molar-refractivity contribution in [1.29, 1.82) is 0 Å². The summed E-state index contributed by atoms with van der Waals surface area (Å²) in [7, 11) is 0. The summed E-state index contributed by atoms with van der Waals surface area (Å²) < 4.78 is 2.40. The molecule has 1 aliphatic carbocycles. The molecule has 0 spiro atoms. The van der Waals surface area contributed by atoms with E-state index in [0.717, 1.165) is 19.4 Å². The molecule has 0 fully saturated rings. The molecular weight excluding hydrogens is 472 g/mol. The maximum Gasteiger partial charge on any atom is 0.0538 e. The van der Waals surface area contributed by atoms with Crippen LogP contribution in [0.3, 0.4) is 0 Å². The van der Waals surface area contributed by atoms with Gasteiger partial charge in [0, 0.05) is 23.2 Å². The molecule has 2 heteroatoms. The van der Waals surface area contributed by atoms with Crippen LogP contribution in [0.5, 0.6) is 0 Å². The van der Waals surface area contributed by atoms with Gasteiger partial charge in [-0.1, -0.05) is 91.0 Å². The molecule has 1 aromatic heterocycles. The van der Waals surface area contributed by atoms with Crippen LogP contribution in [0.4, 0.5) is 0 Å². The Morgan fingerprint density at radius 2 is 1.36 bits per heavy atom. The van der Waals surface area contributed by atoms with Gasteiger partial charge in [-0.05, 0) is 93.2 Å². The number of fused-ring (bicyclic) bond motifs is 5. The Hall–Kier alpha value is -4.82. The van der Waals surface area contributed by atoms with E-state index in [4.69, 9.17) is 0 Å². The maximum atomic E-state index is 3.45. The Morgan fingerprint density at radius 3 is 2.05 bits per heavy atom. The van der Waals surface area contributed by atoms with Crippen molar-refractivity contribution in [2.75, 3.05) is 0 Å². The smallest absolute Gasteiger partial charge is 0.0538 e. The lowest BCUT2D eigenvalue weighted by Gasteiger charge is -2.20. The molecule has 5 aromatic carbocycles. The van der Waals surface area contributed by atoms with Crippen molar-refractivity contribution in [1.82, 2.24) is 9.88 Å². The van der Waals surface area contributed by atoms with Gasteiger partial charge in [0.1, 0.15) is 0 Å². The monoisotopic (exact) mass is 500 g/mol. The summed E-state index contributed by atoms with van der Waals surface area (Å²) in [4.78, 5) is 0. The molecular formula is C37H28N2. The number of nitrogens with one attached hydrogen (secondary N) is 1. The molecule has 0 saturated carbocycles. The fourth-order valence-corrected chi connectivity index (χ4v) is 6.64. The minimum Gasteiger partial charge on any atom is -0.387 e. The summed E-state index contributed by atoms with van der Waals surface area (Å²) in [6.45, 7) is 0.827. The number of hydrogen-bond acceptors (Lipinski definition) is 1. The van der Waals surface area contributed by atoms with Crippen LogP contribution >= 0.6 is 0 Å². The SMILES string of the molecule is C1=CCCC(c2c3ccccc3c(-c3ccc4c(c3)c3c(n4-c4ccccc4)C=CNC3)c3ccccc23)=C1. The van der Waals surface area contributed by atoms with Crippen LogP contribution in [0, 0.1) is 0 Å². The Bertz CT molecular complexity index is 1940. The molecule has 1 N–H and O–H groups in total. The second kappa shape index (κ2) is 8.89. The van der Waals surface area contributed by atoms with Gasteiger partial charge < -0.3 is 9.88 Å². The van der Waals surface area contributed by atoms with E-state index in [1.54, 1.807) is 0 Å². The summed E-state index contributed by atoms with van der Waals surface area (Å²) in [6.07, 6.45) is 13.2. The van der Waals surface area contributed by atoms with E-state index < -0.39 is 0 Å². The van der Waals surface area contributed by atoms with Crippen molar-refractivity contribution in [3.05, 3.63) is 138 Å². The summed E-state index contributed by atoms with van der Waals surface area (Å²) in [5.41, 5.74) is 10.4. The van der Waals surface area contributed by atoms with Crippen LogP contribution in [-0.2, 0) is 6.54 Å². The zero-order valence-electron chi connectivity index (χ0n) is 21.7. The van der Waals surface area contributed by atoms with Crippen LogP contribution in [0.25, 0.3) is 60.9 Å². The molecule has 186 valence electrons. The van der Waals surface area contributed by atoms with Crippen LogP contribution in [0.15, 0.2) is 121 Å². The molecule has 0 radical (unpaired) electrons. The minimum atomic E-state index is 0.827. The second-order valence-corrected chi connectivity index (χ2v) is 10.5. The standard InChI is InChI=1S/C37H28N2/c1-3-11-25(12-4-1)36-28-15-7-9-17-30(28)37(31-18-10-8-16-29(31)36)26-19-20-34-32(23-26)33-24-38-22-21-35(33)39(34)27-13-5-2-6-14-27/h1-3,5-11,13-23,38H,4,12,24H2. The van der Waals surface area contributed by atoms with Gasteiger partial charge >= 0.3 is 0 Å². The van der Waals surface area contributed by atoms with Crippen molar-refractivity contribution in [2.45, 2.75) is 19.4 Å². The number of para-hydroxylation sites is 1. The van der Waals surface area contributed by atoms with Gasteiger partial charge in [-0.3, -0.25) is 0 Å². The van der Waals surface area contributed by atoms with E-state index in [1.807, 2.05) is 0 Å². The summed E-state index contributed by atoms with van der Waals surface area (Å²) in [5, 5.41) is 10.1. The fraction of sp³-hybridized carbons (Fsp3) is 0.0811. The van der Waals surface area contributed by atoms with Gasteiger partial charge in [0.15, 0.2) is 0 Å². The fourth-order valence-electron chi connectivity index (χ4n) is 6.64. The first-order valence-electron chi connectivity index (χ1n) is 13.8. The number of nitrogens with zero attached hydrogens (tertiary/aromatic N) is 1. The lowest BCUT2D eigenvalue weighted by Crippen LogP contribution is -2.10. The van der Waals surface area contributed by atoms with E-state index >= 15 is 0 Å². The quantitative estimate of drug-likeness (QED) is 0.240. The molecule has 1 aliphatic heterocycles. The molecule has 39 heavy (non-hydrogen) atoms.